The molecule has 2 heterocycles. The standard InChI is InChI=1S/C18H24N4O2/c1-15-3-5-16(6-4-15)24-10-2-7-19-17-13-18(21-14-20-17)22-8-11-23-12-9-22/h3-6,13-14H,2,7-12H2,1H3,(H,19,20,21). The molecule has 0 bridgehead atoms. The number of morpholine rings is 1. The fraction of sp³-hybridized carbons (Fsp3) is 0.444. The number of ether oxygens (including phenoxy) is 2. The summed E-state index contributed by atoms with van der Waals surface area (Å²) in [7, 11) is 0. The Morgan fingerprint density at radius 1 is 1.17 bits per heavy atom. The Labute approximate surface area is 142 Å². The molecule has 3 rings (SSSR count). The molecular formula is C18H24N4O2. The highest BCUT2D eigenvalue weighted by atomic mass is 16.5. The van der Waals surface area contributed by atoms with Crippen molar-refractivity contribution in [3.8, 4) is 5.75 Å². The SMILES string of the molecule is Cc1ccc(OCCCNc2cc(N3CCOCC3)ncn2)cc1. The van der Waals surface area contributed by atoms with Crippen LogP contribution in [0, 0.1) is 6.92 Å². The third kappa shape index (κ3) is 4.83. The van der Waals surface area contributed by atoms with Crippen LogP contribution in [0.3, 0.4) is 0 Å². The molecule has 6 heteroatoms. The highest BCUT2D eigenvalue weighted by molar-refractivity contribution is 5.48. The summed E-state index contributed by atoms with van der Waals surface area (Å²) in [5, 5.41) is 3.33. The lowest BCUT2D eigenvalue weighted by Crippen LogP contribution is -2.36. The summed E-state index contributed by atoms with van der Waals surface area (Å²) in [5.41, 5.74) is 1.24. The van der Waals surface area contributed by atoms with Crippen LogP contribution in [0.25, 0.3) is 0 Å². The van der Waals surface area contributed by atoms with Crippen molar-refractivity contribution in [2.45, 2.75) is 13.3 Å². The first kappa shape index (κ1) is 16.5. The van der Waals surface area contributed by atoms with Crippen LogP contribution in [0.2, 0.25) is 0 Å². The van der Waals surface area contributed by atoms with Crippen LogP contribution in [0.1, 0.15) is 12.0 Å². The zero-order valence-corrected chi connectivity index (χ0v) is 14.1. The van der Waals surface area contributed by atoms with Gasteiger partial charge in [0.2, 0.25) is 0 Å². The molecule has 0 amide bonds. The lowest BCUT2D eigenvalue weighted by Gasteiger charge is -2.27. The molecule has 1 N–H and O–H groups in total. The van der Waals surface area contributed by atoms with Gasteiger partial charge in [-0.3, -0.25) is 0 Å². The fourth-order valence-electron chi connectivity index (χ4n) is 2.52. The summed E-state index contributed by atoms with van der Waals surface area (Å²) in [6.07, 6.45) is 2.51. The first-order valence-electron chi connectivity index (χ1n) is 8.39. The first-order chi connectivity index (χ1) is 11.8. The second-order valence-corrected chi connectivity index (χ2v) is 5.80. The number of hydrogen-bond donors (Lipinski definition) is 1. The second kappa shape index (κ2) is 8.49. The summed E-state index contributed by atoms with van der Waals surface area (Å²) >= 11 is 0. The normalized spacial score (nSPS) is 14.5. The first-order valence-corrected chi connectivity index (χ1v) is 8.39. The van der Waals surface area contributed by atoms with Gasteiger partial charge in [0.15, 0.2) is 0 Å². The van der Waals surface area contributed by atoms with E-state index in [9.17, 15) is 0 Å². The van der Waals surface area contributed by atoms with Crippen LogP contribution in [-0.4, -0.2) is 49.4 Å². The number of aryl methyl sites for hydroxylation is 1. The Kier molecular flexibility index (Phi) is 5.85. The molecular weight excluding hydrogens is 304 g/mol. The van der Waals surface area contributed by atoms with Crippen LogP contribution < -0.4 is 15.0 Å². The van der Waals surface area contributed by atoms with E-state index in [1.807, 2.05) is 18.2 Å². The third-order valence-corrected chi connectivity index (χ3v) is 3.90. The molecule has 0 unspecified atom stereocenters. The van der Waals surface area contributed by atoms with E-state index in [0.29, 0.717) is 6.61 Å². The maximum absolute atomic E-state index is 5.72. The summed E-state index contributed by atoms with van der Waals surface area (Å²) < 4.78 is 11.1. The smallest absolute Gasteiger partial charge is 0.134 e. The van der Waals surface area contributed by atoms with E-state index in [-0.39, 0.29) is 0 Å². The van der Waals surface area contributed by atoms with Crippen molar-refractivity contribution in [3.63, 3.8) is 0 Å². The van der Waals surface area contributed by atoms with Gasteiger partial charge in [0.05, 0.1) is 19.8 Å². The van der Waals surface area contributed by atoms with Crippen molar-refractivity contribution in [3.05, 3.63) is 42.2 Å². The molecule has 0 radical (unpaired) electrons. The van der Waals surface area contributed by atoms with Crippen LogP contribution >= 0.6 is 0 Å². The summed E-state index contributed by atoms with van der Waals surface area (Å²) in [6, 6.07) is 10.1. The van der Waals surface area contributed by atoms with Crippen molar-refractivity contribution in [2.24, 2.45) is 0 Å². The van der Waals surface area contributed by atoms with Crippen LogP contribution in [0.4, 0.5) is 11.6 Å². The van der Waals surface area contributed by atoms with Crippen LogP contribution in [-0.2, 0) is 4.74 Å². The molecule has 1 aromatic carbocycles. The Bertz CT molecular complexity index is 627. The molecule has 0 saturated carbocycles. The summed E-state index contributed by atoms with van der Waals surface area (Å²) in [4.78, 5) is 10.8. The molecule has 24 heavy (non-hydrogen) atoms. The Morgan fingerprint density at radius 3 is 2.75 bits per heavy atom. The molecule has 128 valence electrons. The zero-order valence-electron chi connectivity index (χ0n) is 14.1. The van der Waals surface area contributed by atoms with E-state index in [2.05, 4.69) is 39.2 Å². The predicted octanol–water partition coefficient (Wildman–Crippen LogP) is 2.50. The van der Waals surface area contributed by atoms with Crippen molar-refractivity contribution in [1.29, 1.82) is 0 Å². The Hall–Kier alpha value is -2.34. The number of anilines is 2. The van der Waals surface area contributed by atoms with Crippen molar-refractivity contribution < 1.29 is 9.47 Å². The number of hydrogen-bond acceptors (Lipinski definition) is 6. The number of benzene rings is 1. The summed E-state index contributed by atoms with van der Waals surface area (Å²) in [6.45, 7) is 6.82. The van der Waals surface area contributed by atoms with E-state index >= 15 is 0 Å². The molecule has 0 aliphatic carbocycles. The van der Waals surface area contributed by atoms with Gasteiger partial charge in [-0.2, -0.15) is 0 Å². The number of nitrogens with zero attached hydrogens (tertiary/aromatic N) is 3. The molecule has 6 nitrogen and oxygen atoms in total. The highest BCUT2D eigenvalue weighted by Gasteiger charge is 2.12. The van der Waals surface area contributed by atoms with E-state index in [4.69, 9.17) is 9.47 Å². The third-order valence-electron chi connectivity index (χ3n) is 3.90. The van der Waals surface area contributed by atoms with Gasteiger partial charge in [-0.1, -0.05) is 17.7 Å². The minimum atomic E-state index is 0.678. The monoisotopic (exact) mass is 328 g/mol. The topological polar surface area (TPSA) is 59.5 Å². The van der Waals surface area contributed by atoms with Gasteiger partial charge in [-0.05, 0) is 25.5 Å². The number of aromatic nitrogens is 2. The van der Waals surface area contributed by atoms with Gasteiger partial charge in [-0.15, -0.1) is 0 Å². The van der Waals surface area contributed by atoms with E-state index in [0.717, 1.165) is 56.7 Å². The Morgan fingerprint density at radius 2 is 1.96 bits per heavy atom. The highest BCUT2D eigenvalue weighted by Crippen LogP contribution is 2.15. The maximum Gasteiger partial charge on any atom is 0.134 e. The molecule has 1 aliphatic heterocycles. The largest absolute Gasteiger partial charge is 0.494 e. The van der Waals surface area contributed by atoms with Gasteiger partial charge >= 0.3 is 0 Å². The molecule has 1 aliphatic rings. The molecule has 1 fully saturated rings. The van der Waals surface area contributed by atoms with Gasteiger partial charge in [0.1, 0.15) is 23.7 Å². The van der Waals surface area contributed by atoms with E-state index in [1.54, 1.807) is 6.33 Å². The Balaban J connectivity index is 1.40. The van der Waals surface area contributed by atoms with E-state index in [1.165, 1.54) is 5.56 Å². The van der Waals surface area contributed by atoms with Gasteiger partial charge in [0.25, 0.3) is 0 Å². The molecule has 2 aromatic rings. The second-order valence-electron chi connectivity index (χ2n) is 5.80. The zero-order chi connectivity index (χ0) is 16.6. The number of rotatable bonds is 7. The molecule has 0 atom stereocenters. The minimum absolute atomic E-state index is 0.678. The van der Waals surface area contributed by atoms with E-state index < -0.39 is 0 Å². The maximum atomic E-state index is 5.72. The quantitative estimate of drug-likeness (QED) is 0.788. The minimum Gasteiger partial charge on any atom is -0.494 e. The fourth-order valence-corrected chi connectivity index (χ4v) is 2.52. The van der Waals surface area contributed by atoms with Gasteiger partial charge in [0, 0.05) is 25.7 Å². The molecule has 1 saturated heterocycles. The van der Waals surface area contributed by atoms with Gasteiger partial charge < -0.3 is 19.7 Å². The lowest BCUT2D eigenvalue weighted by atomic mass is 10.2. The van der Waals surface area contributed by atoms with Crippen molar-refractivity contribution in [1.82, 2.24) is 9.97 Å². The average molecular weight is 328 g/mol. The predicted molar refractivity (Wildman–Crippen MR) is 94.8 cm³/mol. The molecule has 0 spiro atoms. The van der Waals surface area contributed by atoms with Gasteiger partial charge in [-0.25, -0.2) is 9.97 Å². The van der Waals surface area contributed by atoms with Crippen LogP contribution in [0.15, 0.2) is 36.7 Å². The molecule has 1 aromatic heterocycles. The summed E-state index contributed by atoms with van der Waals surface area (Å²) in [5.74, 6) is 2.71. The average Bonchev–Trinajstić information content (AvgIpc) is 2.64. The van der Waals surface area contributed by atoms with Crippen LogP contribution in [0.5, 0.6) is 5.75 Å². The van der Waals surface area contributed by atoms with Crippen molar-refractivity contribution in [2.75, 3.05) is 49.7 Å². The van der Waals surface area contributed by atoms with Crippen molar-refractivity contribution >= 4 is 11.6 Å². The lowest BCUT2D eigenvalue weighted by molar-refractivity contribution is 0.122. The number of nitrogens with one attached hydrogen (secondary N) is 1.